The smallest absolute Gasteiger partial charge is 0.410 e. The standard InChI is InChI=1S/C32H40FN3O6/c1-7-9-28(30(38)40-8-2)41-24-11-12-25-21(18-24)14-17-36(29(25)37)22-10-13-27(26(33)19-22)35-16-15-23(20-35)34(6)31(39)42-32(3,4)5/h10-14,17-19,23,28H,7-9,15-16,20H2,1-6H3. The highest BCUT2D eigenvalue weighted by molar-refractivity contribution is 5.83. The minimum absolute atomic E-state index is 0.106. The Kier molecular flexibility index (Phi) is 9.43. The summed E-state index contributed by atoms with van der Waals surface area (Å²) in [6, 6.07) is 11.4. The summed E-state index contributed by atoms with van der Waals surface area (Å²) < 4.78 is 33.3. The molecular formula is C32H40FN3O6. The van der Waals surface area contributed by atoms with Crippen molar-refractivity contribution in [1.82, 2.24) is 9.47 Å². The number of nitrogens with zero attached hydrogens (tertiary/aromatic N) is 3. The Balaban J connectivity index is 1.51. The van der Waals surface area contributed by atoms with Crippen LogP contribution in [-0.2, 0) is 14.3 Å². The maximum atomic E-state index is 15.4. The van der Waals surface area contributed by atoms with Gasteiger partial charge in [-0.05, 0) is 82.3 Å². The molecule has 2 aromatic carbocycles. The summed E-state index contributed by atoms with van der Waals surface area (Å²) in [5.41, 5.74) is -0.0837. The lowest BCUT2D eigenvalue weighted by molar-refractivity contribution is -0.151. The molecule has 1 aromatic heterocycles. The topological polar surface area (TPSA) is 90.3 Å². The first-order chi connectivity index (χ1) is 19.9. The van der Waals surface area contributed by atoms with E-state index in [9.17, 15) is 14.4 Å². The van der Waals surface area contributed by atoms with Crippen molar-refractivity contribution in [3.63, 3.8) is 0 Å². The summed E-state index contributed by atoms with van der Waals surface area (Å²) in [5.74, 6) is -0.410. The second-order valence-corrected chi connectivity index (χ2v) is 11.5. The zero-order valence-electron chi connectivity index (χ0n) is 25.2. The first-order valence-corrected chi connectivity index (χ1v) is 14.4. The quantitative estimate of drug-likeness (QED) is 0.300. The molecule has 2 unspecified atom stereocenters. The van der Waals surface area contributed by atoms with Crippen molar-refractivity contribution in [2.24, 2.45) is 0 Å². The third-order valence-electron chi connectivity index (χ3n) is 7.20. The molecule has 42 heavy (non-hydrogen) atoms. The van der Waals surface area contributed by atoms with Gasteiger partial charge in [-0.1, -0.05) is 13.3 Å². The van der Waals surface area contributed by atoms with Crippen LogP contribution in [0, 0.1) is 5.82 Å². The summed E-state index contributed by atoms with van der Waals surface area (Å²) >= 11 is 0. The largest absolute Gasteiger partial charge is 0.479 e. The van der Waals surface area contributed by atoms with E-state index in [1.54, 1.807) is 61.5 Å². The summed E-state index contributed by atoms with van der Waals surface area (Å²) in [4.78, 5) is 41.6. The third-order valence-corrected chi connectivity index (χ3v) is 7.20. The fraction of sp³-hybridized carbons (Fsp3) is 0.469. The normalized spacial score (nSPS) is 15.9. The van der Waals surface area contributed by atoms with Gasteiger partial charge in [-0.2, -0.15) is 0 Å². The summed E-state index contributed by atoms with van der Waals surface area (Å²) in [6.45, 7) is 10.5. The van der Waals surface area contributed by atoms with Gasteiger partial charge in [0, 0.05) is 37.8 Å². The zero-order chi connectivity index (χ0) is 30.6. The van der Waals surface area contributed by atoms with E-state index in [0.717, 1.165) is 6.42 Å². The molecule has 0 saturated carbocycles. The van der Waals surface area contributed by atoms with E-state index >= 15 is 4.39 Å². The number of aromatic nitrogens is 1. The zero-order valence-corrected chi connectivity index (χ0v) is 25.2. The van der Waals surface area contributed by atoms with E-state index in [1.165, 1.54) is 10.6 Å². The second kappa shape index (κ2) is 12.8. The predicted molar refractivity (Wildman–Crippen MR) is 160 cm³/mol. The number of likely N-dealkylation sites (N-methyl/N-ethyl adjacent to an activating group) is 1. The Labute approximate surface area is 245 Å². The molecule has 1 amide bonds. The van der Waals surface area contributed by atoms with Gasteiger partial charge in [0.15, 0.2) is 6.10 Å². The first-order valence-electron chi connectivity index (χ1n) is 14.4. The fourth-order valence-electron chi connectivity index (χ4n) is 5.05. The highest BCUT2D eigenvalue weighted by atomic mass is 19.1. The molecule has 1 saturated heterocycles. The maximum absolute atomic E-state index is 15.4. The lowest BCUT2D eigenvalue weighted by atomic mass is 10.1. The molecule has 0 aliphatic carbocycles. The molecule has 1 aliphatic heterocycles. The van der Waals surface area contributed by atoms with Crippen molar-refractivity contribution in [2.45, 2.75) is 71.6 Å². The van der Waals surface area contributed by atoms with Crippen LogP contribution in [0.1, 0.15) is 53.9 Å². The molecule has 2 heterocycles. The molecule has 2 atom stereocenters. The molecule has 9 nitrogen and oxygen atoms in total. The van der Waals surface area contributed by atoms with Crippen LogP contribution in [0.5, 0.6) is 5.75 Å². The van der Waals surface area contributed by atoms with Crippen molar-refractivity contribution in [3.05, 3.63) is 64.8 Å². The Hall–Kier alpha value is -4.08. The number of esters is 1. The average molecular weight is 582 g/mol. The average Bonchev–Trinajstić information content (AvgIpc) is 3.41. The molecule has 1 aliphatic rings. The molecule has 1 fully saturated rings. The lowest BCUT2D eigenvalue weighted by Gasteiger charge is -2.29. The summed E-state index contributed by atoms with van der Waals surface area (Å²) in [6.07, 6.45) is 2.42. The highest BCUT2D eigenvalue weighted by Gasteiger charge is 2.32. The van der Waals surface area contributed by atoms with Gasteiger partial charge in [0.2, 0.25) is 0 Å². The molecule has 3 aromatic rings. The van der Waals surface area contributed by atoms with E-state index in [0.29, 0.717) is 53.8 Å². The number of hydrogen-bond donors (Lipinski definition) is 0. The van der Waals surface area contributed by atoms with Crippen LogP contribution in [0.3, 0.4) is 0 Å². The molecule has 0 bridgehead atoms. The van der Waals surface area contributed by atoms with E-state index in [4.69, 9.17) is 14.2 Å². The van der Waals surface area contributed by atoms with Crippen molar-refractivity contribution < 1.29 is 28.2 Å². The molecule has 0 N–H and O–H groups in total. The van der Waals surface area contributed by atoms with E-state index < -0.39 is 29.6 Å². The summed E-state index contributed by atoms with van der Waals surface area (Å²) in [7, 11) is 1.70. The first kappa shape index (κ1) is 30.9. The van der Waals surface area contributed by atoms with Gasteiger partial charge in [0.25, 0.3) is 5.56 Å². The number of fused-ring (bicyclic) bond motifs is 1. The van der Waals surface area contributed by atoms with Gasteiger partial charge in [-0.3, -0.25) is 9.36 Å². The number of carbonyl (C=O) groups excluding carboxylic acids is 2. The maximum Gasteiger partial charge on any atom is 0.410 e. The number of carbonyl (C=O) groups is 2. The SMILES string of the molecule is CCCC(Oc1ccc2c(=O)n(-c3ccc(N4CCC(N(C)C(=O)OC(C)(C)C)C4)c(F)c3)ccc2c1)C(=O)OCC. The third kappa shape index (κ3) is 7.03. The van der Waals surface area contributed by atoms with Crippen LogP contribution in [0.2, 0.25) is 0 Å². The van der Waals surface area contributed by atoms with Crippen LogP contribution >= 0.6 is 0 Å². The Morgan fingerprint density at radius 3 is 2.55 bits per heavy atom. The molecule has 4 rings (SSSR count). The highest BCUT2D eigenvalue weighted by Crippen LogP contribution is 2.28. The second-order valence-electron chi connectivity index (χ2n) is 11.5. The number of ether oxygens (including phenoxy) is 3. The van der Waals surface area contributed by atoms with Gasteiger partial charge < -0.3 is 24.0 Å². The number of benzene rings is 2. The van der Waals surface area contributed by atoms with E-state index in [2.05, 4.69) is 0 Å². The number of amides is 1. The van der Waals surface area contributed by atoms with Gasteiger partial charge in [0.1, 0.15) is 17.2 Å². The minimum Gasteiger partial charge on any atom is -0.479 e. The predicted octanol–water partition coefficient (Wildman–Crippen LogP) is 5.69. The Morgan fingerprint density at radius 1 is 1.12 bits per heavy atom. The van der Waals surface area contributed by atoms with Gasteiger partial charge >= 0.3 is 12.1 Å². The summed E-state index contributed by atoms with van der Waals surface area (Å²) in [5, 5.41) is 1.08. The van der Waals surface area contributed by atoms with Crippen molar-refractivity contribution in [2.75, 3.05) is 31.6 Å². The molecule has 0 radical (unpaired) electrons. The van der Waals surface area contributed by atoms with Crippen molar-refractivity contribution in [1.29, 1.82) is 0 Å². The van der Waals surface area contributed by atoms with Gasteiger partial charge in [0.05, 0.1) is 24.0 Å². The number of rotatable bonds is 9. The van der Waals surface area contributed by atoms with E-state index in [1.807, 2.05) is 32.6 Å². The number of hydrogen-bond acceptors (Lipinski definition) is 7. The van der Waals surface area contributed by atoms with Crippen LogP contribution in [0.15, 0.2) is 53.5 Å². The number of anilines is 1. The van der Waals surface area contributed by atoms with Crippen LogP contribution in [-0.4, -0.2) is 66.0 Å². The minimum atomic E-state index is -0.724. The van der Waals surface area contributed by atoms with Crippen molar-refractivity contribution >= 4 is 28.5 Å². The molecule has 226 valence electrons. The molecule has 10 heteroatoms. The molecular weight excluding hydrogens is 541 g/mol. The Morgan fingerprint density at radius 2 is 1.88 bits per heavy atom. The number of pyridine rings is 1. The van der Waals surface area contributed by atoms with Crippen LogP contribution < -0.4 is 15.2 Å². The van der Waals surface area contributed by atoms with E-state index in [-0.39, 0.29) is 18.2 Å². The van der Waals surface area contributed by atoms with Crippen LogP contribution in [0.4, 0.5) is 14.9 Å². The van der Waals surface area contributed by atoms with Gasteiger partial charge in [-0.15, -0.1) is 0 Å². The van der Waals surface area contributed by atoms with Gasteiger partial charge in [-0.25, -0.2) is 14.0 Å². The monoisotopic (exact) mass is 581 g/mol. The Bertz CT molecular complexity index is 1500. The molecule has 0 spiro atoms. The van der Waals surface area contributed by atoms with Crippen LogP contribution in [0.25, 0.3) is 16.5 Å². The van der Waals surface area contributed by atoms with Crippen molar-refractivity contribution in [3.8, 4) is 11.4 Å². The number of halogens is 1. The lowest BCUT2D eigenvalue weighted by Crippen LogP contribution is -2.42. The fourth-order valence-corrected chi connectivity index (χ4v) is 5.05.